The van der Waals surface area contributed by atoms with Crippen LogP contribution in [-0.4, -0.2) is 38.6 Å². The number of amides is 1. The molecule has 2 aromatic heterocycles. The van der Waals surface area contributed by atoms with E-state index in [4.69, 9.17) is 0 Å². The topological polar surface area (TPSA) is 46.1 Å². The van der Waals surface area contributed by atoms with Crippen molar-refractivity contribution < 1.29 is 4.79 Å². The van der Waals surface area contributed by atoms with Crippen LogP contribution in [0.2, 0.25) is 0 Å². The summed E-state index contributed by atoms with van der Waals surface area (Å²) in [6.45, 7) is 8.54. The molecule has 23 heavy (non-hydrogen) atoms. The van der Waals surface area contributed by atoms with Crippen LogP contribution in [0.15, 0.2) is 11.4 Å². The van der Waals surface area contributed by atoms with Crippen molar-refractivity contribution in [3.8, 4) is 0 Å². The maximum atomic E-state index is 12.7. The molecule has 0 N–H and O–H groups in total. The number of aryl methyl sites for hydroxylation is 2. The molecule has 0 bridgehead atoms. The van der Waals surface area contributed by atoms with E-state index < -0.39 is 0 Å². The van der Waals surface area contributed by atoms with Gasteiger partial charge in [0.1, 0.15) is 16.2 Å². The molecule has 1 aliphatic rings. The quantitative estimate of drug-likeness (QED) is 0.616. The van der Waals surface area contributed by atoms with Crippen molar-refractivity contribution in [1.82, 2.24) is 14.9 Å². The number of piperidine rings is 1. The van der Waals surface area contributed by atoms with Crippen molar-refractivity contribution in [2.45, 2.75) is 64.1 Å². The summed E-state index contributed by atoms with van der Waals surface area (Å²) in [5.41, 5.74) is 1.24. The maximum absolute atomic E-state index is 12.7. The lowest BCUT2D eigenvalue weighted by atomic mass is 9.98. The summed E-state index contributed by atoms with van der Waals surface area (Å²) in [5, 5.41) is 2.05. The lowest BCUT2D eigenvalue weighted by Gasteiger charge is -2.39. The number of hydrogen-bond acceptors (Lipinski definition) is 5. The summed E-state index contributed by atoms with van der Waals surface area (Å²) < 4.78 is 0. The van der Waals surface area contributed by atoms with E-state index in [0.29, 0.717) is 17.8 Å². The lowest BCUT2D eigenvalue weighted by molar-refractivity contribution is -0.134. The zero-order valence-corrected chi connectivity index (χ0v) is 15.8. The fraction of sp³-hybridized carbons (Fsp3) is 0.588. The van der Waals surface area contributed by atoms with Crippen molar-refractivity contribution in [2.75, 3.05) is 5.75 Å². The van der Waals surface area contributed by atoms with E-state index in [1.807, 2.05) is 0 Å². The number of nitrogens with zero attached hydrogens (tertiary/aromatic N) is 3. The van der Waals surface area contributed by atoms with Crippen molar-refractivity contribution in [3.05, 3.63) is 16.8 Å². The number of carbonyl (C=O) groups is 1. The second kappa shape index (κ2) is 6.77. The summed E-state index contributed by atoms with van der Waals surface area (Å²) in [6, 6.07) is 0.699. The molecular formula is C17H23N3OS2. The number of thioether (sulfide) groups is 1. The van der Waals surface area contributed by atoms with E-state index in [2.05, 4.69) is 42.6 Å². The average Bonchev–Trinajstić information content (AvgIpc) is 2.80. The molecule has 2 aromatic rings. The van der Waals surface area contributed by atoms with E-state index in [1.165, 1.54) is 16.9 Å². The zero-order valence-electron chi connectivity index (χ0n) is 14.1. The van der Waals surface area contributed by atoms with Crippen molar-refractivity contribution in [2.24, 2.45) is 0 Å². The summed E-state index contributed by atoms with van der Waals surface area (Å²) in [5.74, 6) is 0.681. The minimum atomic E-state index is 0.228. The highest BCUT2D eigenvalue weighted by atomic mass is 32.2. The van der Waals surface area contributed by atoms with Gasteiger partial charge in [0, 0.05) is 22.3 Å². The fourth-order valence-corrected chi connectivity index (χ4v) is 5.36. The number of fused-ring (bicyclic) bond motifs is 1. The molecular weight excluding hydrogens is 326 g/mol. The minimum Gasteiger partial charge on any atom is -0.337 e. The lowest BCUT2D eigenvalue weighted by Crippen LogP contribution is -2.48. The predicted octanol–water partition coefficient (Wildman–Crippen LogP) is 4.19. The standard InChI is InChI=1S/C17H23N3OS2/c1-10-6-5-7-11(2)20(10)14(21)8-22-16-15-12(3)13(4)23-17(15)19-9-18-16/h9-11H,5-8H2,1-4H3. The highest BCUT2D eigenvalue weighted by Gasteiger charge is 2.28. The molecule has 2 unspecified atom stereocenters. The van der Waals surface area contributed by atoms with Gasteiger partial charge in [0.25, 0.3) is 0 Å². The molecule has 0 radical (unpaired) electrons. The third kappa shape index (κ3) is 3.24. The van der Waals surface area contributed by atoms with E-state index in [9.17, 15) is 4.79 Å². The Morgan fingerprint density at radius 1 is 1.30 bits per heavy atom. The smallest absolute Gasteiger partial charge is 0.233 e. The Bertz CT molecular complexity index is 718. The van der Waals surface area contributed by atoms with Crippen LogP contribution in [0.1, 0.15) is 43.6 Å². The Kier molecular flexibility index (Phi) is 4.92. The Balaban J connectivity index is 1.77. The second-order valence-electron chi connectivity index (χ2n) is 6.36. The maximum Gasteiger partial charge on any atom is 0.233 e. The SMILES string of the molecule is Cc1sc2ncnc(SCC(=O)N3C(C)CCCC3C)c2c1C. The van der Waals surface area contributed by atoms with Gasteiger partial charge in [0.05, 0.1) is 5.75 Å². The second-order valence-corrected chi connectivity index (χ2v) is 8.53. The zero-order chi connectivity index (χ0) is 16.6. The third-order valence-corrected chi connectivity index (χ3v) is 6.83. The van der Waals surface area contributed by atoms with Crippen molar-refractivity contribution >= 4 is 39.2 Å². The van der Waals surface area contributed by atoms with Gasteiger partial charge in [-0.3, -0.25) is 4.79 Å². The van der Waals surface area contributed by atoms with Crippen LogP contribution < -0.4 is 0 Å². The van der Waals surface area contributed by atoms with Crippen molar-refractivity contribution in [1.29, 1.82) is 0 Å². The summed E-state index contributed by atoms with van der Waals surface area (Å²) in [6.07, 6.45) is 5.05. The van der Waals surface area contributed by atoms with Crippen LogP contribution in [0.3, 0.4) is 0 Å². The highest BCUT2D eigenvalue weighted by Crippen LogP contribution is 2.34. The Hall–Kier alpha value is -1.14. The number of hydrogen-bond donors (Lipinski definition) is 0. The summed E-state index contributed by atoms with van der Waals surface area (Å²) in [7, 11) is 0. The molecule has 1 fully saturated rings. The summed E-state index contributed by atoms with van der Waals surface area (Å²) >= 11 is 3.24. The number of carbonyl (C=O) groups excluding carboxylic acids is 1. The van der Waals surface area contributed by atoms with E-state index in [-0.39, 0.29) is 5.91 Å². The number of rotatable bonds is 3. The first-order valence-electron chi connectivity index (χ1n) is 8.13. The van der Waals surface area contributed by atoms with Gasteiger partial charge in [-0.05, 0) is 52.5 Å². The number of likely N-dealkylation sites (tertiary alicyclic amines) is 1. The minimum absolute atomic E-state index is 0.228. The molecule has 0 saturated carbocycles. The summed E-state index contributed by atoms with van der Waals surface area (Å²) in [4.78, 5) is 25.8. The normalized spacial score (nSPS) is 21.8. The average molecular weight is 350 g/mol. The van der Waals surface area contributed by atoms with Crippen LogP contribution in [0, 0.1) is 13.8 Å². The van der Waals surface area contributed by atoms with Crippen molar-refractivity contribution in [3.63, 3.8) is 0 Å². The van der Waals surface area contributed by atoms with E-state index >= 15 is 0 Å². The molecule has 3 rings (SSSR count). The van der Waals surface area contributed by atoms with Gasteiger partial charge in [-0.2, -0.15) is 0 Å². The fourth-order valence-electron chi connectivity index (χ4n) is 3.38. The first-order valence-corrected chi connectivity index (χ1v) is 9.94. The van der Waals surface area contributed by atoms with Gasteiger partial charge in [-0.25, -0.2) is 9.97 Å². The third-order valence-electron chi connectivity index (χ3n) is 4.74. The monoisotopic (exact) mass is 349 g/mol. The molecule has 1 saturated heterocycles. The molecule has 4 nitrogen and oxygen atoms in total. The molecule has 0 aliphatic carbocycles. The van der Waals surface area contributed by atoms with Crippen LogP contribution in [0.5, 0.6) is 0 Å². The highest BCUT2D eigenvalue weighted by molar-refractivity contribution is 8.00. The van der Waals surface area contributed by atoms with Gasteiger partial charge < -0.3 is 4.90 Å². The number of thiophene rings is 1. The molecule has 1 aliphatic heterocycles. The molecule has 0 aromatic carbocycles. The van der Waals surface area contributed by atoms with Gasteiger partial charge in [-0.1, -0.05) is 11.8 Å². The first-order chi connectivity index (χ1) is 11.0. The van der Waals surface area contributed by atoms with Gasteiger partial charge in [0.2, 0.25) is 5.91 Å². The predicted molar refractivity (Wildman–Crippen MR) is 97.2 cm³/mol. The van der Waals surface area contributed by atoms with Crippen LogP contribution in [-0.2, 0) is 4.79 Å². The Morgan fingerprint density at radius 2 is 2.00 bits per heavy atom. The van der Waals surface area contributed by atoms with Crippen LogP contribution >= 0.6 is 23.1 Å². The molecule has 6 heteroatoms. The molecule has 1 amide bonds. The number of aromatic nitrogens is 2. The van der Waals surface area contributed by atoms with E-state index in [1.54, 1.807) is 29.4 Å². The molecule has 3 heterocycles. The van der Waals surface area contributed by atoms with Gasteiger partial charge in [0.15, 0.2) is 0 Å². The largest absolute Gasteiger partial charge is 0.337 e. The first kappa shape index (κ1) is 16.7. The molecule has 2 atom stereocenters. The van der Waals surface area contributed by atoms with Gasteiger partial charge in [-0.15, -0.1) is 11.3 Å². The van der Waals surface area contributed by atoms with Gasteiger partial charge >= 0.3 is 0 Å². The van der Waals surface area contributed by atoms with Crippen LogP contribution in [0.4, 0.5) is 0 Å². The molecule has 124 valence electrons. The van der Waals surface area contributed by atoms with Crippen LogP contribution in [0.25, 0.3) is 10.2 Å². The molecule has 0 spiro atoms. The Labute approximate surface area is 145 Å². The van der Waals surface area contributed by atoms with E-state index in [0.717, 1.165) is 28.1 Å². The Morgan fingerprint density at radius 3 is 2.70 bits per heavy atom.